The molecule has 0 unspecified atom stereocenters. The number of carboxylic acid groups (broad SMARTS) is 1. The molecule has 1 saturated heterocycles. The Morgan fingerprint density at radius 3 is 2.84 bits per heavy atom. The number of carbonyl (C=O) groups excluding carboxylic acids is 1. The molecule has 1 aromatic heterocycles. The van der Waals surface area contributed by atoms with Gasteiger partial charge in [0.2, 0.25) is 0 Å². The van der Waals surface area contributed by atoms with Crippen LogP contribution in [-0.4, -0.2) is 47.4 Å². The largest absolute Gasteiger partial charge is 0.478 e. The highest BCUT2D eigenvalue weighted by Crippen LogP contribution is 2.15. The third kappa shape index (κ3) is 3.07. The second kappa shape index (κ2) is 5.62. The maximum absolute atomic E-state index is 13.3. The predicted molar refractivity (Wildman–Crippen MR) is 65.9 cm³/mol. The first-order valence-electron chi connectivity index (χ1n) is 5.40. The van der Waals surface area contributed by atoms with E-state index in [1.165, 1.54) is 12.3 Å². The van der Waals surface area contributed by atoms with Crippen molar-refractivity contribution in [2.45, 2.75) is 12.2 Å². The number of alkyl halides is 1. The number of carboxylic acids is 1. The first-order chi connectivity index (χ1) is 8.99. The van der Waals surface area contributed by atoms with E-state index in [0.29, 0.717) is 4.47 Å². The smallest absolute Gasteiger partial charge is 0.338 e. The van der Waals surface area contributed by atoms with Crippen molar-refractivity contribution in [1.82, 2.24) is 10.3 Å². The van der Waals surface area contributed by atoms with Gasteiger partial charge in [0.25, 0.3) is 5.91 Å². The van der Waals surface area contributed by atoms with E-state index in [4.69, 9.17) is 9.84 Å². The molecule has 0 bridgehead atoms. The molecule has 1 aromatic rings. The number of nitrogens with zero attached hydrogens (tertiary/aromatic N) is 1. The lowest BCUT2D eigenvalue weighted by Gasteiger charge is -2.13. The summed E-state index contributed by atoms with van der Waals surface area (Å²) < 4.78 is 18.6. The maximum Gasteiger partial charge on any atom is 0.338 e. The molecule has 1 aliphatic rings. The molecule has 1 fully saturated rings. The lowest BCUT2D eigenvalue weighted by molar-refractivity contribution is 0.0689. The summed E-state index contributed by atoms with van der Waals surface area (Å²) in [5.41, 5.74) is -0.504. The monoisotopic (exact) mass is 332 g/mol. The molecule has 19 heavy (non-hydrogen) atoms. The molecular weight excluding hydrogens is 323 g/mol. The number of aromatic nitrogens is 1. The number of amides is 1. The van der Waals surface area contributed by atoms with E-state index in [9.17, 15) is 14.0 Å². The van der Waals surface area contributed by atoms with E-state index in [1.807, 2.05) is 0 Å². The Hall–Kier alpha value is -1.54. The van der Waals surface area contributed by atoms with Crippen LogP contribution >= 0.6 is 15.9 Å². The molecule has 1 amide bonds. The van der Waals surface area contributed by atoms with E-state index >= 15 is 0 Å². The average Bonchev–Trinajstić information content (AvgIpc) is 2.74. The summed E-state index contributed by atoms with van der Waals surface area (Å²) in [6.45, 7) is -0.0175. The number of aromatic carboxylic acids is 1. The summed E-state index contributed by atoms with van der Waals surface area (Å²) in [4.78, 5) is 26.7. The van der Waals surface area contributed by atoms with Crippen molar-refractivity contribution in [3.05, 3.63) is 28.0 Å². The van der Waals surface area contributed by atoms with E-state index < -0.39 is 24.1 Å². The topological polar surface area (TPSA) is 88.5 Å². The third-order valence-corrected chi connectivity index (χ3v) is 3.06. The average molecular weight is 333 g/mol. The van der Waals surface area contributed by atoms with Crippen LogP contribution in [0.25, 0.3) is 0 Å². The van der Waals surface area contributed by atoms with Crippen LogP contribution < -0.4 is 5.32 Å². The summed E-state index contributed by atoms with van der Waals surface area (Å²) in [7, 11) is 0. The Morgan fingerprint density at radius 2 is 2.26 bits per heavy atom. The molecule has 102 valence electrons. The zero-order valence-corrected chi connectivity index (χ0v) is 11.2. The lowest BCUT2D eigenvalue weighted by Crippen LogP contribution is -2.41. The van der Waals surface area contributed by atoms with E-state index in [-0.39, 0.29) is 24.5 Å². The quantitative estimate of drug-likeness (QED) is 0.862. The molecular formula is C11H10BrFN2O4. The summed E-state index contributed by atoms with van der Waals surface area (Å²) in [6, 6.07) is 0.488. The molecule has 6 nitrogen and oxygen atoms in total. The number of hydrogen-bond acceptors (Lipinski definition) is 4. The van der Waals surface area contributed by atoms with Gasteiger partial charge in [-0.25, -0.2) is 14.2 Å². The predicted octanol–water partition coefficient (Wildman–Crippen LogP) is 1.01. The van der Waals surface area contributed by atoms with Crippen LogP contribution in [0.3, 0.4) is 0 Å². The van der Waals surface area contributed by atoms with Crippen molar-refractivity contribution in [2.75, 3.05) is 13.2 Å². The van der Waals surface area contributed by atoms with Crippen LogP contribution in [0.15, 0.2) is 16.7 Å². The second-order valence-corrected chi connectivity index (χ2v) is 4.90. The van der Waals surface area contributed by atoms with Crippen LogP contribution in [-0.2, 0) is 4.74 Å². The Balaban J connectivity index is 2.21. The third-order valence-electron chi connectivity index (χ3n) is 2.63. The molecule has 8 heteroatoms. The van der Waals surface area contributed by atoms with Crippen molar-refractivity contribution < 1.29 is 23.8 Å². The van der Waals surface area contributed by atoms with Gasteiger partial charge < -0.3 is 15.2 Å². The van der Waals surface area contributed by atoms with E-state index in [2.05, 4.69) is 26.2 Å². The zero-order valence-electron chi connectivity index (χ0n) is 9.60. The summed E-state index contributed by atoms with van der Waals surface area (Å²) in [5, 5.41) is 11.4. The molecule has 0 aliphatic carbocycles. The van der Waals surface area contributed by atoms with Crippen molar-refractivity contribution in [1.29, 1.82) is 0 Å². The van der Waals surface area contributed by atoms with Gasteiger partial charge in [-0.3, -0.25) is 4.79 Å². The fraction of sp³-hybridized carbons (Fsp3) is 0.364. The molecule has 2 rings (SSSR count). The second-order valence-electron chi connectivity index (χ2n) is 3.99. The van der Waals surface area contributed by atoms with Gasteiger partial charge in [-0.2, -0.15) is 0 Å². The first kappa shape index (κ1) is 13.9. The lowest BCUT2D eigenvalue weighted by atomic mass is 10.1. The van der Waals surface area contributed by atoms with Gasteiger partial charge in [-0.1, -0.05) is 0 Å². The van der Waals surface area contributed by atoms with E-state index in [0.717, 1.165) is 0 Å². The number of carbonyl (C=O) groups is 2. The van der Waals surface area contributed by atoms with Gasteiger partial charge in [0, 0.05) is 10.7 Å². The van der Waals surface area contributed by atoms with E-state index in [1.54, 1.807) is 0 Å². The van der Waals surface area contributed by atoms with Crippen molar-refractivity contribution in [2.24, 2.45) is 0 Å². The minimum atomic E-state index is -1.30. The van der Waals surface area contributed by atoms with Crippen LogP contribution in [0.2, 0.25) is 0 Å². The number of nitrogens with one attached hydrogen (secondary N) is 1. The normalized spacial score (nSPS) is 22.2. The Morgan fingerprint density at radius 1 is 1.53 bits per heavy atom. The van der Waals surface area contributed by atoms with Crippen LogP contribution in [0.4, 0.5) is 4.39 Å². The molecule has 0 aromatic carbocycles. The summed E-state index contributed by atoms with van der Waals surface area (Å²) in [5.74, 6) is -2.01. The molecule has 2 heterocycles. The molecule has 1 aliphatic heterocycles. The Bertz CT molecular complexity index is 525. The van der Waals surface area contributed by atoms with Crippen LogP contribution in [0, 0.1) is 0 Å². The van der Waals surface area contributed by atoms with Crippen LogP contribution in [0.1, 0.15) is 20.8 Å². The van der Waals surface area contributed by atoms with Gasteiger partial charge in [0.05, 0.1) is 24.8 Å². The highest BCUT2D eigenvalue weighted by Gasteiger charge is 2.31. The van der Waals surface area contributed by atoms with Crippen LogP contribution in [0.5, 0.6) is 0 Å². The summed E-state index contributed by atoms with van der Waals surface area (Å²) in [6.07, 6.45) is 0.00654. The maximum atomic E-state index is 13.3. The van der Waals surface area contributed by atoms with Crippen molar-refractivity contribution in [3.63, 3.8) is 0 Å². The molecule has 2 atom stereocenters. The zero-order chi connectivity index (χ0) is 14.0. The van der Waals surface area contributed by atoms with Gasteiger partial charge in [-0.05, 0) is 22.0 Å². The number of hydrogen-bond donors (Lipinski definition) is 2. The number of rotatable bonds is 3. The Kier molecular flexibility index (Phi) is 4.11. The van der Waals surface area contributed by atoms with Gasteiger partial charge in [-0.15, -0.1) is 0 Å². The first-order valence-corrected chi connectivity index (χ1v) is 6.20. The number of ether oxygens (including phenoxy) is 1. The van der Waals surface area contributed by atoms with Crippen molar-refractivity contribution >= 4 is 27.8 Å². The molecule has 0 saturated carbocycles. The fourth-order valence-electron chi connectivity index (χ4n) is 1.68. The van der Waals surface area contributed by atoms with Gasteiger partial charge in [0.1, 0.15) is 11.9 Å². The highest BCUT2D eigenvalue weighted by atomic mass is 79.9. The Labute approximate surface area is 116 Å². The van der Waals surface area contributed by atoms with Crippen molar-refractivity contribution in [3.8, 4) is 0 Å². The van der Waals surface area contributed by atoms with Gasteiger partial charge >= 0.3 is 5.97 Å². The molecule has 0 spiro atoms. The fourth-order valence-corrected chi connectivity index (χ4v) is 2.01. The number of halogens is 2. The standard InChI is InChI=1S/C11H10BrFN2O4/c12-5-1-6(11(17)18)9(14-2-5)10(16)15-8-4-19-3-7(8)13/h1-2,7-8H,3-4H2,(H,15,16)(H,17,18)/t7-,8+/m0/s1. The highest BCUT2D eigenvalue weighted by molar-refractivity contribution is 9.10. The summed E-state index contributed by atoms with van der Waals surface area (Å²) >= 11 is 3.07. The minimum absolute atomic E-state index is 0.0613. The minimum Gasteiger partial charge on any atom is -0.478 e. The molecule has 2 N–H and O–H groups in total. The SMILES string of the molecule is O=C(O)c1cc(Br)cnc1C(=O)N[C@@H]1COC[C@@H]1F. The van der Waals surface area contributed by atoms with Gasteiger partial charge in [0.15, 0.2) is 0 Å². The molecule has 0 radical (unpaired) electrons. The number of pyridine rings is 1.